The summed E-state index contributed by atoms with van der Waals surface area (Å²) >= 11 is 0. The van der Waals surface area contributed by atoms with Crippen molar-refractivity contribution in [2.45, 2.75) is 55.2 Å². The zero-order chi connectivity index (χ0) is 20.1. The molecule has 2 aliphatic rings. The molecule has 28 heavy (non-hydrogen) atoms. The Morgan fingerprint density at radius 3 is 2.11 bits per heavy atom. The van der Waals surface area contributed by atoms with Crippen molar-refractivity contribution >= 4 is 21.5 Å². The van der Waals surface area contributed by atoms with Gasteiger partial charge in [0.25, 0.3) is 10.1 Å². The standard InChI is InChI=1S/C20H24N2O5S/c21-18-15(28(25,26)27)10-14(22-11-6-2-1-3-7-11)16-17(18)20(24)13-9-5-4-8-12(13)19(16)23/h4-5,8-11,19-20,22-24H,1-3,6-7,21H2,(H,25,26,27). The first kappa shape index (κ1) is 19.2. The summed E-state index contributed by atoms with van der Waals surface area (Å²) in [6.45, 7) is 0. The topological polar surface area (TPSA) is 133 Å². The van der Waals surface area contributed by atoms with Crippen LogP contribution in [-0.4, -0.2) is 29.2 Å². The summed E-state index contributed by atoms with van der Waals surface area (Å²) in [6.07, 6.45) is 2.86. The molecule has 7 nitrogen and oxygen atoms in total. The SMILES string of the molecule is Nc1c(S(=O)(=O)O)cc(NC2CCCCC2)c2c1C(O)c1ccccc1C2O. The summed E-state index contributed by atoms with van der Waals surface area (Å²) in [6, 6.07) is 8.27. The monoisotopic (exact) mass is 404 g/mol. The quantitative estimate of drug-likeness (QED) is 0.392. The van der Waals surface area contributed by atoms with Crippen molar-refractivity contribution in [3.63, 3.8) is 0 Å². The second kappa shape index (κ2) is 7.04. The van der Waals surface area contributed by atoms with Crippen LogP contribution in [0.25, 0.3) is 0 Å². The summed E-state index contributed by atoms with van der Waals surface area (Å²) < 4.78 is 33.5. The number of nitrogens with one attached hydrogen (secondary N) is 1. The minimum Gasteiger partial charge on any atom is -0.397 e. The zero-order valence-electron chi connectivity index (χ0n) is 15.3. The maximum absolute atomic E-state index is 11.9. The number of rotatable bonds is 3. The molecule has 0 aliphatic heterocycles. The molecule has 2 unspecified atom stereocenters. The molecule has 1 saturated carbocycles. The fraction of sp³-hybridized carbons (Fsp3) is 0.400. The van der Waals surface area contributed by atoms with Crippen molar-refractivity contribution in [2.24, 2.45) is 0 Å². The van der Waals surface area contributed by atoms with Gasteiger partial charge < -0.3 is 21.3 Å². The first-order chi connectivity index (χ1) is 13.3. The molecule has 2 aromatic carbocycles. The van der Waals surface area contributed by atoms with E-state index in [2.05, 4.69) is 5.32 Å². The second-order valence-electron chi connectivity index (χ2n) is 7.55. The van der Waals surface area contributed by atoms with Crippen LogP contribution < -0.4 is 11.1 Å². The van der Waals surface area contributed by atoms with E-state index in [0.717, 1.165) is 32.1 Å². The van der Waals surface area contributed by atoms with Crippen LogP contribution in [0.15, 0.2) is 35.2 Å². The summed E-state index contributed by atoms with van der Waals surface area (Å²) in [5, 5.41) is 25.3. The molecule has 0 heterocycles. The Morgan fingerprint density at radius 1 is 0.964 bits per heavy atom. The van der Waals surface area contributed by atoms with Gasteiger partial charge in [-0.1, -0.05) is 43.5 Å². The van der Waals surface area contributed by atoms with Gasteiger partial charge in [-0.25, -0.2) is 0 Å². The molecular formula is C20H24N2O5S. The molecule has 2 atom stereocenters. The summed E-state index contributed by atoms with van der Waals surface area (Å²) in [5.74, 6) is 0. The van der Waals surface area contributed by atoms with E-state index >= 15 is 0 Å². The molecule has 2 aromatic rings. The number of nitrogen functional groups attached to an aromatic ring is 1. The normalized spacial score (nSPS) is 22.4. The lowest BCUT2D eigenvalue weighted by atomic mass is 9.80. The molecule has 0 spiro atoms. The third-order valence-electron chi connectivity index (χ3n) is 5.79. The maximum Gasteiger partial charge on any atom is 0.296 e. The van der Waals surface area contributed by atoms with Gasteiger partial charge in [-0.3, -0.25) is 4.55 Å². The molecule has 0 amide bonds. The number of anilines is 2. The predicted molar refractivity (Wildman–Crippen MR) is 106 cm³/mol. The highest BCUT2D eigenvalue weighted by Gasteiger charge is 2.36. The fourth-order valence-electron chi connectivity index (χ4n) is 4.42. The van der Waals surface area contributed by atoms with Crippen molar-refractivity contribution in [2.75, 3.05) is 11.1 Å². The Bertz CT molecular complexity index is 1020. The largest absolute Gasteiger partial charge is 0.397 e. The van der Waals surface area contributed by atoms with E-state index in [9.17, 15) is 23.2 Å². The highest BCUT2D eigenvalue weighted by atomic mass is 32.2. The average molecular weight is 404 g/mol. The lowest BCUT2D eigenvalue weighted by molar-refractivity contribution is 0.174. The summed E-state index contributed by atoms with van der Waals surface area (Å²) in [5.41, 5.74) is 7.70. The van der Waals surface area contributed by atoms with Gasteiger partial charge in [-0.05, 0) is 30.0 Å². The zero-order valence-corrected chi connectivity index (χ0v) is 16.1. The Labute approximate surface area is 164 Å². The van der Waals surface area contributed by atoms with Crippen LogP contribution in [0.2, 0.25) is 0 Å². The lowest BCUT2D eigenvalue weighted by Gasteiger charge is -2.34. The summed E-state index contributed by atoms with van der Waals surface area (Å²) in [4.78, 5) is -0.463. The van der Waals surface area contributed by atoms with Crippen LogP contribution >= 0.6 is 0 Å². The van der Waals surface area contributed by atoms with Crippen LogP contribution in [-0.2, 0) is 10.1 Å². The van der Waals surface area contributed by atoms with Crippen LogP contribution in [0, 0.1) is 0 Å². The Hall–Kier alpha value is -2.13. The number of nitrogens with two attached hydrogens (primary N) is 1. The van der Waals surface area contributed by atoms with Gasteiger partial charge in [0, 0.05) is 22.9 Å². The molecule has 0 aromatic heterocycles. The van der Waals surface area contributed by atoms with Crippen molar-refractivity contribution in [3.05, 3.63) is 52.6 Å². The number of hydrogen-bond donors (Lipinski definition) is 5. The fourth-order valence-corrected chi connectivity index (χ4v) is 5.07. The molecule has 2 aliphatic carbocycles. The van der Waals surface area contributed by atoms with Gasteiger partial charge in [0.2, 0.25) is 0 Å². The minimum atomic E-state index is -4.61. The molecular weight excluding hydrogens is 380 g/mol. The molecule has 150 valence electrons. The van der Waals surface area contributed by atoms with Crippen LogP contribution in [0.4, 0.5) is 11.4 Å². The molecule has 4 rings (SSSR count). The van der Waals surface area contributed by atoms with Crippen molar-refractivity contribution in [3.8, 4) is 0 Å². The van der Waals surface area contributed by atoms with Gasteiger partial charge in [0.1, 0.15) is 17.1 Å². The second-order valence-corrected chi connectivity index (χ2v) is 8.94. The van der Waals surface area contributed by atoms with E-state index in [-0.39, 0.29) is 17.3 Å². The smallest absolute Gasteiger partial charge is 0.296 e. The number of hydrogen-bond acceptors (Lipinski definition) is 6. The third-order valence-corrected chi connectivity index (χ3v) is 6.68. The van der Waals surface area contributed by atoms with Crippen molar-refractivity contribution < 1.29 is 23.2 Å². The van der Waals surface area contributed by atoms with E-state index in [1.807, 2.05) is 0 Å². The molecule has 0 radical (unpaired) electrons. The maximum atomic E-state index is 11.9. The van der Waals surface area contributed by atoms with Gasteiger partial charge >= 0.3 is 0 Å². The molecule has 0 bridgehead atoms. The minimum absolute atomic E-state index is 0.122. The van der Waals surface area contributed by atoms with Crippen molar-refractivity contribution in [1.82, 2.24) is 0 Å². The number of benzene rings is 2. The van der Waals surface area contributed by atoms with Crippen LogP contribution in [0.3, 0.4) is 0 Å². The first-order valence-electron chi connectivity index (χ1n) is 9.44. The molecule has 6 N–H and O–H groups in total. The van der Waals surface area contributed by atoms with Crippen LogP contribution in [0.1, 0.15) is 66.6 Å². The highest BCUT2D eigenvalue weighted by Crippen LogP contribution is 2.48. The van der Waals surface area contributed by atoms with Crippen molar-refractivity contribution in [1.29, 1.82) is 0 Å². The van der Waals surface area contributed by atoms with E-state index in [1.165, 1.54) is 6.07 Å². The number of aliphatic hydroxyl groups excluding tert-OH is 2. The first-order valence-corrected chi connectivity index (χ1v) is 10.9. The Morgan fingerprint density at radius 2 is 1.54 bits per heavy atom. The molecule has 1 fully saturated rings. The molecule has 0 saturated heterocycles. The predicted octanol–water partition coefficient (Wildman–Crippen LogP) is 2.74. The van der Waals surface area contributed by atoms with Crippen LogP contribution in [0.5, 0.6) is 0 Å². The molecule has 8 heteroatoms. The highest BCUT2D eigenvalue weighted by molar-refractivity contribution is 7.86. The Kier molecular flexibility index (Phi) is 4.83. The van der Waals surface area contributed by atoms with E-state index in [1.54, 1.807) is 24.3 Å². The third kappa shape index (κ3) is 3.16. The van der Waals surface area contributed by atoms with E-state index in [4.69, 9.17) is 5.73 Å². The lowest BCUT2D eigenvalue weighted by Crippen LogP contribution is -2.27. The van der Waals surface area contributed by atoms with Gasteiger partial charge in [-0.2, -0.15) is 8.42 Å². The average Bonchev–Trinajstić information content (AvgIpc) is 2.67. The van der Waals surface area contributed by atoms with Gasteiger partial charge in [0.05, 0.1) is 5.69 Å². The Balaban J connectivity index is 1.93. The summed E-state index contributed by atoms with van der Waals surface area (Å²) in [7, 11) is -4.61. The van der Waals surface area contributed by atoms with E-state index in [0.29, 0.717) is 22.4 Å². The number of aliphatic hydroxyl groups is 2. The number of fused-ring (bicyclic) bond motifs is 2. The van der Waals surface area contributed by atoms with E-state index < -0.39 is 27.2 Å². The van der Waals surface area contributed by atoms with Gasteiger partial charge in [-0.15, -0.1) is 0 Å². The van der Waals surface area contributed by atoms with Gasteiger partial charge in [0.15, 0.2) is 0 Å².